The molecule has 1 aromatic carbocycles. The lowest BCUT2D eigenvalue weighted by molar-refractivity contribution is -0.119. The van der Waals surface area contributed by atoms with Crippen molar-refractivity contribution in [1.82, 2.24) is 20.5 Å². The van der Waals surface area contributed by atoms with Gasteiger partial charge in [0, 0.05) is 16.3 Å². The second-order valence-corrected chi connectivity index (χ2v) is 8.10. The van der Waals surface area contributed by atoms with Crippen LogP contribution in [0.25, 0.3) is 0 Å². The molecule has 2 N–H and O–H groups in total. The Morgan fingerprint density at radius 3 is 2.85 bits per heavy atom. The van der Waals surface area contributed by atoms with Crippen LogP contribution in [0.15, 0.2) is 46.9 Å². The van der Waals surface area contributed by atoms with Gasteiger partial charge in [-0.3, -0.25) is 9.89 Å². The van der Waals surface area contributed by atoms with E-state index in [0.717, 1.165) is 24.2 Å². The van der Waals surface area contributed by atoms with E-state index in [1.54, 1.807) is 11.3 Å². The molecule has 0 saturated heterocycles. The molecule has 3 rings (SSSR count). The van der Waals surface area contributed by atoms with Crippen molar-refractivity contribution >= 4 is 40.6 Å². The molecule has 3 aromatic rings. The smallest absolute Gasteiger partial charge is 0.230 e. The van der Waals surface area contributed by atoms with Gasteiger partial charge in [0.25, 0.3) is 0 Å². The molecule has 2 heterocycles. The first kappa shape index (κ1) is 18.9. The van der Waals surface area contributed by atoms with E-state index in [1.807, 2.05) is 42.6 Å². The van der Waals surface area contributed by atoms with Crippen molar-refractivity contribution in [3.05, 3.63) is 63.1 Å². The number of H-pyrrole nitrogens is 1. The highest BCUT2D eigenvalue weighted by Gasteiger charge is 2.14. The lowest BCUT2D eigenvalue weighted by Crippen LogP contribution is -2.29. The van der Waals surface area contributed by atoms with Crippen LogP contribution in [0, 0.1) is 0 Å². The van der Waals surface area contributed by atoms with Crippen LogP contribution in [0.1, 0.15) is 35.7 Å². The van der Waals surface area contributed by atoms with E-state index in [1.165, 1.54) is 16.6 Å². The van der Waals surface area contributed by atoms with Gasteiger partial charge in [0.2, 0.25) is 11.1 Å². The van der Waals surface area contributed by atoms with Gasteiger partial charge in [-0.2, -0.15) is 0 Å². The number of aromatic nitrogens is 3. The Bertz CT molecular complexity index is 833. The predicted molar refractivity (Wildman–Crippen MR) is 107 cm³/mol. The summed E-state index contributed by atoms with van der Waals surface area (Å²) in [7, 11) is 0. The highest BCUT2D eigenvalue weighted by atomic mass is 35.5. The standard InChI is InChI=1S/C18H19ClN4OS2/c1-2-15(12-5-7-13(19)8-6-12)20-17(24)11-26-18-21-16(22-23-18)10-14-4-3-9-25-14/h3-9,15H,2,10-11H2,1H3,(H,20,24)(H,21,22,23). The largest absolute Gasteiger partial charge is 0.349 e. The second kappa shape index (κ2) is 9.21. The number of thioether (sulfide) groups is 1. The first-order chi connectivity index (χ1) is 12.6. The van der Waals surface area contributed by atoms with E-state index in [4.69, 9.17) is 11.6 Å². The van der Waals surface area contributed by atoms with Gasteiger partial charge in [0.15, 0.2) is 0 Å². The summed E-state index contributed by atoms with van der Waals surface area (Å²) in [6, 6.07) is 11.6. The zero-order valence-corrected chi connectivity index (χ0v) is 16.6. The monoisotopic (exact) mass is 406 g/mol. The molecule has 1 amide bonds. The molecule has 0 aliphatic rings. The van der Waals surface area contributed by atoms with Crippen LogP contribution >= 0.6 is 34.7 Å². The number of hydrogen-bond acceptors (Lipinski definition) is 5. The molecule has 0 fully saturated rings. The third-order valence-electron chi connectivity index (χ3n) is 3.78. The molecule has 1 atom stereocenters. The number of benzene rings is 1. The topological polar surface area (TPSA) is 70.7 Å². The summed E-state index contributed by atoms with van der Waals surface area (Å²) >= 11 is 8.94. The second-order valence-electron chi connectivity index (χ2n) is 5.69. The van der Waals surface area contributed by atoms with Crippen molar-refractivity contribution in [2.75, 3.05) is 5.75 Å². The third-order valence-corrected chi connectivity index (χ3v) is 5.76. The number of amides is 1. The summed E-state index contributed by atoms with van der Waals surface area (Å²) < 4.78 is 0. The fourth-order valence-electron chi connectivity index (χ4n) is 2.48. The fraction of sp³-hybridized carbons (Fsp3) is 0.278. The summed E-state index contributed by atoms with van der Waals surface area (Å²) in [5.41, 5.74) is 1.05. The van der Waals surface area contributed by atoms with Gasteiger partial charge in [0.1, 0.15) is 5.82 Å². The van der Waals surface area contributed by atoms with Crippen molar-refractivity contribution in [2.24, 2.45) is 0 Å². The maximum atomic E-state index is 12.3. The lowest BCUT2D eigenvalue weighted by Gasteiger charge is -2.17. The molecule has 0 saturated carbocycles. The van der Waals surface area contributed by atoms with Gasteiger partial charge in [-0.15, -0.1) is 16.4 Å². The molecule has 2 aromatic heterocycles. The molecule has 26 heavy (non-hydrogen) atoms. The molecule has 1 unspecified atom stereocenters. The molecule has 5 nitrogen and oxygen atoms in total. The molecular formula is C18H19ClN4OS2. The Balaban J connectivity index is 1.50. The minimum absolute atomic E-state index is 0.0260. The van der Waals surface area contributed by atoms with Crippen molar-refractivity contribution in [1.29, 1.82) is 0 Å². The number of carbonyl (C=O) groups excluding carboxylic acids is 1. The fourth-order valence-corrected chi connectivity index (χ4v) is 3.95. The summed E-state index contributed by atoms with van der Waals surface area (Å²) in [4.78, 5) is 17.9. The summed E-state index contributed by atoms with van der Waals surface area (Å²) in [6.45, 7) is 2.04. The van der Waals surface area contributed by atoms with Crippen LogP contribution in [0.3, 0.4) is 0 Å². The van der Waals surface area contributed by atoms with Crippen molar-refractivity contribution in [3.8, 4) is 0 Å². The van der Waals surface area contributed by atoms with E-state index >= 15 is 0 Å². The number of rotatable bonds is 8. The normalized spacial score (nSPS) is 12.1. The Labute approximate surface area is 165 Å². The van der Waals surface area contributed by atoms with Crippen molar-refractivity contribution < 1.29 is 4.79 Å². The van der Waals surface area contributed by atoms with Gasteiger partial charge < -0.3 is 5.32 Å². The Hall–Kier alpha value is -1.83. The van der Waals surface area contributed by atoms with E-state index in [0.29, 0.717) is 10.2 Å². The number of nitrogens with zero attached hydrogens (tertiary/aromatic N) is 2. The number of halogens is 1. The van der Waals surface area contributed by atoms with Crippen LogP contribution in [-0.4, -0.2) is 26.8 Å². The van der Waals surface area contributed by atoms with E-state index < -0.39 is 0 Å². The zero-order valence-electron chi connectivity index (χ0n) is 14.2. The van der Waals surface area contributed by atoms with Crippen molar-refractivity contribution in [3.63, 3.8) is 0 Å². The predicted octanol–water partition coefficient (Wildman–Crippen LogP) is 4.47. The molecule has 0 spiro atoms. The quantitative estimate of drug-likeness (QED) is 0.541. The number of hydrogen-bond donors (Lipinski definition) is 2. The first-order valence-electron chi connectivity index (χ1n) is 8.25. The number of aromatic amines is 1. The minimum atomic E-state index is -0.0404. The van der Waals surface area contributed by atoms with E-state index in [-0.39, 0.29) is 17.7 Å². The number of carbonyl (C=O) groups is 1. The molecule has 136 valence electrons. The van der Waals surface area contributed by atoms with Crippen LogP contribution in [-0.2, 0) is 11.2 Å². The maximum absolute atomic E-state index is 12.3. The Morgan fingerprint density at radius 1 is 1.35 bits per heavy atom. The summed E-state index contributed by atoms with van der Waals surface area (Å²) in [5, 5.41) is 13.5. The molecule has 8 heteroatoms. The van der Waals surface area contributed by atoms with E-state index in [2.05, 4.69) is 26.6 Å². The SMILES string of the molecule is CCC(NC(=O)CSc1n[nH]c(Cc2cccs2)n1)c1ccc(Cl)cc1. The zero-order chi connectivity index (χ0) is 18.4. The number of thiophene rings is 1. The van der Waals surface area contributed by atoms with Gasteiger partial charge in [-0.1, -0.05) is 48.5 Å². The van der Waals surface area contributed by atoms with Crippen LogP contribution in [0.5, 0.6) is 0 Å². The highest BCUT2D eigenvalue weighted by molar-refractivity contribution is 7.99. The Kier molecular flexibility index (Phi) is 6.71. The molecule has 0 bridgehead atoms. The lowest BCUT2D eigenvalue weighted by atomic mass is 10.0. The van der Waals surface area contributed by atoms with Crippen LogP contribution in [0.2, 0.25) is 5.02 Å². The number of nitrogens with one attached hydrogen (secondary N) is 2. The minimum Gasteiger partial charge on any atom is -0.349 e. The van der Waals surface area contributed by atoms with Crippen molar-refractivity contribution in [2.45, 2.75) is 31.0 Å². The van der Waals surface area contributed by atoms with Gasteiger partial charge >= 0.3 is 0 Å². The first-order valence-corrected chi connectivity index (χ1v) is 10.5. The molecule has 0 aliphatic carbocycles. The summed E-state index contributed by atoms with van der Waals surface area (Å²) in [6.07, 6.45) is 1.54. The molecule has 0 aliphatic heterocycles. The average molecular weight is 407 g/mol. The van der Waals surface area contributed by atoms with Gasteiger partial charge in [-0.25, -0.2) is 4.98 Å². The van der Waals surface area contributed by atoms with Gasteiger partial charge in [-0.05, 0) is 35.6 Å². The maximum Gasteiger partial charge on any atom is 0.230 e. The van der Waals surface area contributed by atoms with Gasteiger partial charge in [0.05, 0.1) is 11.8 Å². The summed E-state index contributed by atoms with van der Waals surface area (Å²) in [5.74, 6) is 1.05. The Morgan fingerprint density at radius 2 is 2.15 bits per heavy atom. The average Bonchev–Trinajstić information content (AvgIpc) is 3.31. The van der Waals surface area contributed by atoms with E-state index in [9.17, 15) is 4.79 Å². The van der Waals surface area contributed by atoms with Crippen LogP contribution < -0.4 is 5.32 Å². The molecular weight excluding hydrogens is 388 g/mol. The molecule has 0 radical (unpaired) electrons. The third kappa shape index (κ3) is 5.33. The van der Waals surface area contributed by atoms with Crippen LogP contribution in [0.4, 0.5) is 0 Å². The highest BCUT2D eigenvalue weighted by Crippen LogP contribution is 2.20.